The molecule has 0 aliphatic heterocycles. The minimum Gasteiger partial charge on any atom is -0.397 e. The van der Waals surface area contributed by atoms with E-state index < -0.39 is 0 Å². The molecular formula is C16H29N3O. The molecule has 0 saturated carbocycles. The monoisotopic (exact) mass is 279 g/mol. The van der Waals surface area contributed by atoms with Crippen LogP contribution in [0.2, 0.25) is 0 Å². The number of rotatable bonds is 6. The predicted octanol–water partition coefficient (Wildman–Crippen LogP) is 3.41. The van der Waals surface area contributed by atoms with Gasteiger partial charge in [0, 0.05) is 25.3 Å². The molecule has 1 amide bonds. The van der Waals surface area contributed by atoms with Crippen LogP contribution in [0.25, 0.3) is 0 Å². The Hall–Kier alpha value is -1.45. The van der Waals surface area contributed by atoms with Gasteiger partial charge in [0.1, 0.15) is 5.69 Å². The van der Waals surface area contributed by atoms with Crippen molar-refractivity contribution in [3.63, 3.8) is 0 Å². The molecule has 2 N–H and O–H groups in total. The first-order chi connectivity index (χ1) is 9.22. The van der Waals surface area contributed by atoms with Crippen LogP contribution in [0.3, 0.4) is 0 Å². The number of anilines is 1. The van der Waals surface area contributed by atoms with Gasteiger partial charge in [-0.2, -0.15) is 0 Å². The average Bonchev–Trinajstić information content (AvgIpc) is 2.68. The summed E-state index contributed by atoms with van der Waals surface area (Å²) in [5.41, 5.74) is 7.21. The van der Waals surface area contributed by atoms with Gasteiger partial charge in [0.05, 0.1) is 5.69 Å². The van der Waals surface area contributed by atoms with Gasteiger partial charge in [0.15, 0.2) is 0 Å². The van der Waals surface area contributed by atoms with Gasteiger partial charge in [0.25, 0.3) is 5.91 Å². The van der Waals surface area contributed by atoms with E-state index in [-0.39, 0.29) is 11.9 Å². The quantitative estimate of drug-likeness (QED) is 0.867. The second-order valence-electron chi connectivity index (χ2n) is 6.66. The molecule has 114 valence electrons. The van der Waals surface area contributed by atoms with E-state index in [1.807, 2.05) is 15.7 Å². The van der Waals surface area contributed by atoms with Gasteiger partial charge < -0.3 is 15.2 Å². The van der Waals surface area contributed by atoms with Crippen molar-refractivity contribution in [2.24, 2.45) is 11.8 Å². The van der Waals surface area contributed by atoms with Gasteiger partial charge in [0.2, 0.25) is 0 Å². The topological polar surface area (TPSA) is 51.3 Å². The highest BCUT2D eigenvalue weighted by Crippen LogP contribution is 2.19. The highest BCUT2D eigenvalue weighted by molar-refractivity contribution is 5.94. The molecule has 1 heterocycles. The summed E-state index contributed by atoms with van der Waals surface area (Å²) in [5.74, 6) is 0.993. The molecule has 0 aliphatic rings. The zero-order valence-corrected chi connectivity index (χ0v) is 13.7. The molecule has 4 nitrogen and oxygen atoms in total. The van der Waals surface area contributed by atoms with Crippen LogP contribution in [0.5, 0.6) is 0 Å². The number of nitrogens with two attached hydrogens (primary N) is 1. The molecule has 0 aromatic carbocycles. The van der Waals surface area contributed by atoms with E-state index in [1.165, 1.54) is 0 Å². The van der Waals surface area contributed by atoms with E-state index in [1.54, 1.807) is 6.07 Å². The lowest BCUT2D eigenvalue weighted by Gasteiger charge is -2.27. The highest BCUT2D eigenvalue weighted by atomic mass is 16.2. The molecule has 0 spiro atoms. The molecule has 1 aromatic heterocycles. The molecule has 1 rings (SSSR count). The standard InChI is InChI=1S/C16H29N3O/c1-11(2)8-18(9-12(3)4)16(20)15-7-14(17)10-19(15)13(5)6/h7,10-13H,8-9,17H2,1-6H3. The van der Waals surface area contributed by atoms with Gasteiger partial charge >= 0.3 is 0 Å². The van der Waals surface area contributed by atoms with Crippen molar-refractivity contribution in [3.05, 3.63) is 18.0 Å². The molecule has 1 aromatic rings. The first kappa shape index (κ1) is 16.6. The SMILES string of the molecule is CC(C)CN(CC(C)C)C(=O)c1cc(N)cn1C(C)C. The molecule has 0 fully saturated rings. The number of nitrogen functional groups attached to an aromatic ring is 1. The number of carbonyl (C=O) groups excluding carboxylic acids is 1. The molecule has 4 heteroatoms. The Balaban J connectivity index is 3.05. The molecule has 20 heavy (non-hydrogen) atoms. The summed E-state index contributed by atoms with van der Waals surface area (Å²) in [6, 6.07) is 2.02. The van der Waals surface area contributed by atoms with Crippen molar-refractivity contribution >= 4 is 11.6 Å². The second-order valence-corrected chi connectivity index (χ2v) is 6.66. The van der Waals surface area contributed by atoms with Crippen LogP contribution in [0, 0.1) is 11.8 Å². The minimum atomic E-state index is 0.0813. The predicted molar refractivity (Wildman–Crippen MR) is 84.8 cm³/mol. The van der Waals surface area contributed by atoms with E-state index >= 15 is 0 Å². The van der Waals surface area contributed by atoms with Gasteiger partial charge in [-0.1, -0.05) is 27.7 Å². The van der Waals surface area contributed by atoms with Crippen molar-refractivity contribution in [1.82, 2.24) is 9.47 Å². The molecule has 0 aliphatic carbocycles. The van der Waals surface area contributed by atoms with Crippen LogP contribution < -0.4 is 5.73 Å². The van der Waals surface area contributed by atoms with Crippen molar-refractivity contribution in [2.75, 3.05) is 18.8 Å². The first-order valence-electron chi connectivity index (χ1n) is 7.49. The lowest BCUT2D eigenvalue weighted by molar-refractivity contribution is 0.0702. The fourth-order valence-electron chi connectivity index (χ4n) is 2.38. The largest absolute Gasteiger partial charge is 0.397 e. The summed E-state index contributed by atoms with van der Waals surface area (Å²) < 4.78 is 1.96. The summed E-state index contributed by atoms with van der Waals surface area (Å²) in [5, 5.41) is 0. The Bertz CT molecular complexity index is 437. The Labute approximate surface area is 122 Å². The molecule has 0 bridgehead atoms. The van der Waals surface area contributed by atoms with Crippen LogP contribution in [0.15, 0.2) is 12.3 Å². The van der Waals surface area contributed by atoms with E-state index in [9.17, 15) is 4.79 Å². The fraction of sp³-hybridized carbons (Fsp3) is 0.688. The van der Waals surface area contributed by atoms with Gasteiger partial charge in [-0.3, -0.25) is 4.79 Å². The third-order valence-electron chi connectivity index (χ3n) is 3.10. The van der Waals surface area contributed by atoms with Crippen molar-refractivity contribution in [3.8, 4) is 0 Å². The number of hydrogen-bond donors (Lipinski definition) is 1. The van der Waals surface area contributed by atoms with Gasteiger partial charge in [-0.05, 0) is 31.7 Å². The lowest BCUT2D eigenvalue weighted by atomic mass is 10.1. The Morgan fingerprint density at radius 2 is 1.65 bits per heavy atom. The number of hydrogen-bond acceptors (Lipinski definition) is 2. The summed E-state index contributed by atoms with van der Waals surface area (Å²) in [4.78, 5) is 14.8. The van der Waals surface area contributed by atoms with Crippen LogP contribution in [0.1, 0.15) is 58.1 Å². The number of aromatic nitrogens is 1. The molecular weight excluding hydrogens is 250 g/mol. The lowest BCUT2D eigenvalue weighted by Crippen LogP contribution is -2.38. The number of carbonyl (C=O) groups is 1. The van der Waals surface area contributed by atoms with Crippen molar-refractivity contribution < 1.29 is 4.79 Å². The smallest absolute Gasteiger partial charge is 0.270 e. The zero-order chi connectivity index (χ0) is 15.4. The third-order valence-corrected chi connectivity index (χ3v) is 3.10. The average molecular weight is 279 g/mol. The molecule has 0 radical (unpaired) electrons. The number of nitrogens with zero attached hydrogens (tertiary/aromatic N) is 2. The highest BCUT2D eigenvalue weighted by Gasteiger charge is 2.22. The van der Waals surface area contributed by atoms with E-state index in [4.69, 9.17) is 5.73 Å². The molecule has 0 saturated heterocycles. The summed E-state index contributed by atoms with van der Waals surface area (Å²) in [6.45, 7) is 14.2. The summed E-state index contributed by atoms with van der Waals surface area (Å²) >= 11 is 0. The number of amides is 1. The normalized spacial score (nSPS) is 11.7. The first-order valence-corrected chi connectivity index (χ1v) is 7.49. The van der Waals surface area contributed by atoms with Gasteiger partial charge in [-0.15, -0.1) is 0 Å². The zero-order valence-electron chi connectivity index (χ0n) is 13.7. The maximum Gasteiger partial charge on any atom is 0.270 e. The van der Waals surface area contributed by atoms with E-state index in [0.29, 0.717) is 23.2 Å². The van der Waals surface area contributed by atoms with Gasteiger partial charge in [-0.25, -0.2) is 0 Å². The second kappa shape index (κ2) is 6.82. The third kappa shape index (κ3) is 4.29. The minimum absolute atomic E-state index is 0.0813. The maximum absolute atomic E-state index is 12.8. The van der Waals surface area contributed by atoms with Crippen molar-refractivity contribution in [2.45, 2.75) is 47.6 Å². The van der Waals surface area contributed by atoms with Crippen molar-refractivity contribution in [1.29, 1.82) is 0 Å². The Kier molecular flexibility index (Phi) is 5.66. The maximum atomic E-state index is 12.8. The van der Waals surface area contributed by atoms with E-state index in [0.717, 1.165) is 13.1 Å². The van der Waals surface area contributed by atoms with Crippen LogP contribution in [-0.2, 0) is 0 Å². The van der Waals surface area contributed by atoms with E-state index in [2.05, 4.69) is 41.5 Å². The fourth-order valence-corrected chi connectivity index (χ4v) is 2.38. The summed E-state index contributed by atoms with van der Waals surface area (Å²) in [6.07, 6.45) is 1.85. The van der Waals surface area contributed by atoms with Crippen LogP contribution >= 0.6 is 0 Å². The van der Waals surface area contributed by atoms with Crippen LogP contribution in [0.4, 0.5) is 5.69 Å². The Morgan fingerprint density at radius 1 is 1.15 bits per heavy atom. The molecule has 0 atom stereocenters. The molecule has 0 unspecified atom stereocenters. The summed E-state index contributed by atoms with van der Waals surface area (Å²) in [7, 11) is 0. The Morgan fingerprint density at radius 3 is 2.05 bits per heavy atom. The van der Waals surface area contributed by atoms with Crippen LogP contribution in [-0.4, -0.2) is 28.5 Å².